The lowest BCUT2D eigenvalue weighted by Crippen LogP contribution is -2.31. The average Bonchev–Trinajstić information content (AvgIpc) is 2.22. The van der Waals surface area contributed by atoms with Crippen LogP contribution in [0.3, 0.4) is 0 Å². The average molecular weight is 339 g/mol. The van der Waals surface area contributed by atoms with E-state index in [2.05, 4.69) is 15.9 Å². The van der Waals surface area contributed by atoms with Gasteiger partial charge >= 0.3 is 0 Å². The van der Waals surface area contributed by atoms with Gasteiger partial charge in [-0.2, -0.15) is 0 Å². The lowest BCUT2D eigenvalue weighted by atomic mass is 10.2. The summed E-state index contributed by atoms with van der Waals surface area (Å²) in [5, 5.41) is 0. The first kappa shape index (κ1) is 15.4. The summed E-state index contributed by atoms with van der Waals surface area (Å²) in [6, 6.07) is 2.19. The van der Waals surface area contributed by atoms with Crippen LogP contribution in [0.5, 0.6) is 0 Å². The van der Waals surface area contributed by atoms with Crippen LogP contribution < -0.4 is 5.73 Å². The van der Waals surface area contributed by atoms with Gasteiger partial charge in [-0.05, 0) is 34.0 Å². The van der Waals surface area contributed by atoms with Crippen LogP contribution in [0.1, 0.15) is 13.8 Å². The molecule has 0 saturated heterocycles. The zero-order chi connectivity index (χ0) is 14.1. The fraction of sp³-hybridized carbons (Fsp3) is 0.455. The van der Waals surface area contributed by atoms with E-state index in [-0.39, 0.29) is 21.0 Å². The molecular formula is C11H16BrFN2O2S. The van der Waals surface area contributed by atoms with Gasteiger partial charge in [0.15, 0.2) is 0 Å². The van der Waals surface area contributed by atoms with E-state index in [1.54, 1.807) is 0 Å². The molecule has 18 heavy (non-hydrogen) atoms. The highest BCUT2D eigenvalue weighted by molar-refractivity contribution is 9.10. The molecule has 0 spiro atoms. The van der Waals surface area contributed by atoms with E-state index in [9.17, 15) is 12.8 Å². The van der Waals surface area contributed by atoms with Crippen LogP contribution in [-0.2, 0) is 10.0 Å². The van der Waals surface area contributed by atoms with Gasteiger partial charge in [-0.25, -0.2) is 17.1 Å². The molecule has 1 aromatic rings. The highest BCUT2D eigenvalue weighted by Gasteiger charge is 2.25. The maximum atomic E-state index is 13.2. The van der Waals surface area contributed by atoms with Gasteiger partial charge in [-0.3, -0.25) is 0 Å². The first-order chi connectivity index (χ1) is 8.16. The summed E-state index contributed by atoms with van der Waals surface area (Å²) in [5.74, 6) is -0.396. The molecule has 0 amide bonds. The summed E-state index contributed by atoms with van der Waals surface area (Å²) in [6.45, 7) is 4.20. The van der Waals surface area contributed by atoms with E-state index in [4.69, 9.17) is 5.73 Å². The van der Waals surface area contributed by atoms with Crippen molar-refractivity contribution in [1.29, 1.82) is 0 Å². The van der Waals surface area contributed by atoms with Crippen LogP contribution in [0.15, 0.2) is 21.5 Å². The van der Waals surface area contributed by atoms with Crippen LogP contribution in [0, 0.1) is 11.7 Å². The van der Waals surface area contributed by atoms with Crippen molar-refractivity contribution in [3.8, 4) is 0 Å². The van der Waals surface area contributed by atoms with E-state index in [0.29, 0.717) is 6.54 Å². The van der Waals surface area contributed by atoms with Crippen LogP contribution >= 0.6 is 15.9 Å². The van der Waals surface area contributed by atoms with Gasteiger partial charge in [0.25, 0.3) is 0 Å². The number of nitrogens with two attached hydrogens (primary N) is 1. The van der Waals surface area contributed by atoms with Crippen molar-refractivity contribution in [2.24, 2.45) is 5.92 Å². The van der Waals surface area contributed by atoms with Crippen LogP contribution in [-0.4, -0.2) is 26.3 Å². The number of anilines is 1. The lowest BCUT2D eigenvalue weighted by molar-refractivity contribution is 0.417. The fourth-order valence-electron chi connectivity index (χ4n) is 1.55. The summed E-state index contributed by atoms with van der Waals surface area (Å²) in [4.78, 5) is -0.0843. The second-order valence-electron chi connectivity index (χ2n) is 4.48. The number of nitrogen functional groups attached to an aromatic ring is 1. The summed E-state index contributed by atoms with van der Waals surface area (Å²) < 4.78 is 39.0. The molecule has 0 radical (unpaired) electrons. The van der Waals surface area contributed by atoms with Gasteiger partial charge < -0.3 is 5.73 Å². The molecule has 0 aliphatic heterocycles. The van der Waals surface area contributed by atoms with Crippen molar-refractivity contribution in [3.63, 3.8) is 0 Å². The van der Waals surface area contributed by atoms with E-state index in [1.165, 1.54) is 17.4 Å². The van der Waals surface area contributed by atoms with E-state index < -0.39 is 15.8 Å². The standard InChI is InChI=1S/C11H16BrFN2O2S/c1-7(2)6-15(3)18(16,17)11-4-8(12)9(13)5-10(11)14/h4-5,7H,6,14H2,1-3H3. The maximum absolute atomic E-state index is 13.2. The largest absolute Gasteiger partial charge is 0.398 e. The third-order valence-corrected chi connectivity index (χ3v) is 4.85. The van der Waals surface area contributed by atoms with Crippen molar-refractivity contribution in [3.05, 3.63) is 22.4 Å². The fourth-order valence-corrected chi connectivity index (χ4v) is 3.50. The number of sulfonamides is 1. The van der Waals surface area contributed by atoms with Crippen molar-refractivity contribution in [2.45, 2.75) is 18.7 Å². The van der Waals surface area contributed by atoms with Crippen molar-refractivity contribution < 1.29 is 12.8 Å². The minimum Gasteiger partial charge on any atom is -0.398 e. The number of nitrogens with zero attached hydrogens (tertiary/aromatic N) is 1. The molecule has 7 heteroatoms. The first-order valence-electron chi connectivity index (χ1n) is 5.37. The summed E-state index contributed by atoms with van der Waals surface area (Å²) in [6.07, 6.45) is 0. The first-order valence-corrected chi connectivity index (χ1v) is 7.60. The molecule has 102 valence electrons. The van der Waals surface area contributed by atoms with E-state index >= 15 is 0 Å². The number of hydrogen-bond donors (Lipinski definition) is 1. The van der Waals surface area contributed by atoms with Gasteiger partial charge in [0, 0.05) is 13.6 Å². The molecule has 0 atom stereocenters. The zero-order valence-electron chi connectivity index (χ0n) is 10.4. The SMILES string of the molecule is CC(C)CN(C)S(=O)(=O)c1cc(Br)c(F)cc1N. The van der Waals surface area contributed by atoms with Gasteiger partial charge in [0.1, 0.15) is 10.7 Å². The summed E-state index contributed by atoms with van der Waals surface area (Å²) in [5.41, 5.74) is 5.49. The highest BCUT2D eigenvalue weighted by atomic mass is 79.9. The number of hydrogen-bond acceptors (Lipinski definition) is 3. The van der Waals surface area contributed by atoms with Crippen molar-refractivity contribution in [2.75, 3.05) is 19.3 Å². The maximum Gasteiger partial charge on any atom is 0.244 e. The molecule has 0 bridgehead atoms. The monoisotopic (exact) mass is 338 g/mol. The van der Waals surface area contributed by atoms with Gasteiger partial charge in [0.2, 0.25) is 10.0 Å². The third-order valence-electron chi connectivity index (χ3n) is 2.36. The van der Waals surface area contributed by atoms with E-state index in [1.807, 2.05) is 13.8 Å². The lowest BCUT2D eigenvalue weighted by Gasteiger charge is -2.20. The predicted molar refractivity (Wildman–Crippen MR) is 73.2 cm³/mol. The Hall–Kier alpha value is -0.660. The van der Waals surface area contributed by atoms with Crippen LogP contribution in [0.4, 0.5) is 10.1 Å². The summed E-state index contributed by atoms with van der Waals surface area (Å²) >= 11 is 2.96. The Morgan fingerprint density at radius 1 is 1.44 bits per heavy atom. The normalized spacial score (nSPS) is 12.4. The van der Waals surface area contributed by atoms with Gasteiger partial charge in [-0.15, -0.1) is 0 Å². The number of rotatable bonds is 4. The molecule has 0 aliphatic carbocycles. The molecule has 4 nitrogen and oxygen atoms in total. The molecular weight excluding hydrogens is 323 g/mol. The van der Waals surface area contributed by atoms with Crippen LogP contribution in [0.2, 0.25) is 0 Å². The molecule has 0 fully saturated rings. The number of benzene rings is 1. The molecule has 0 heterocycles. The molecule has 0 aliphatic rings. The Balaban J connectivity index is 3.24. The zero-order valence-corrected chi connectivity index (χ0v) is 12.8. The van der Waals surface area contributed by atoms with Gasteiger partial charge in [-0.1, -0.05) is 13.8 Å². The van der Waals surface area contributed by atoms with Crippen LogP contribution in [0.25, 0.3) is 0 Å². The Bertz CT molecular complexity index is 546. The smallest absolute Gasteiger partial charge is 0.244 e. The Labute approximate surface area is 115 Å². The Morgan fingerprint density at radius 2 is 2.00 bits per heavy atom. The minimum absolute atomic E-state index is 0.0771. The quantitative estimate of drug-likeness (QED) is 0.857. The topological polar surface area (TPSA) is 63.4 Å². The van der Waals surface area contributed by atoms with Crippen molar-refractivity contribution >= 4 is 31.6 Å². The Morgan fingerprint density at radius 3 is 2.50 bits per heavy atom. The molecule has 1 rings (SSSR count). The minimum atomic E-state index is -3.69. The molecule has 0 saturated carbocycles. The molecule has 1 aromatic carbocycles. The number of halogens is 2. The molecule has 0 aromatic heterocycles. The molecule has 2 N–H and O–H groups in total. The third kappa shape index (κ3) is 3.21. The predicted octanol–water partition coefficient (Wildman–Crippen LogP) is 2.45. The second kappa shape index (κ2) is 5.54. The van der Waals surface area contributed by atoms with E-state index in [0.717, 1.165) is 6.07 Å². The Kier molecular flexibility index (Phi) is 4.74. The summed E-state index contributed by atoms with van der Waals surface area (Å²) in [7, 11) is -2.21. The molecule has 0 unspecified atom stereocenters. The highest BCUT2D eigenvalue weighted by Crippen LogP contribution is 2.28. The second-order valence-corrected chi connectivity index (χ2v) is 7.35. The van der Waals surface area contributed by atoms with Gasteiger partial charge in [0.05, 0.1) is 10.2 Å². The van der Waals surface area contributed by atoms with Crippen molar-refractivity contribution in [1.82, 2.24) is 4.31 Å².